The van der Waals surface area contributed by atoms with Crippen LogP contribution in [0.15, 0.2) is 73.1 Å². The number of carbonyl (C=O) groups excluding carboxylic acids is 2. The van der Waals surface area contributed by atoms with Crippen molar-refractivity contribution in [2.45, 2.75) is 26.5 Å². The molecular formula is C26H27N5O4. The molecule has 0 bridgehead atoms. The summed E-state index contributed by atoms with van der Waals surface area (Å²) in [4.78, 5) is 29.1. The van der Waals surface area contributed by atoms with E-state index in [4.69, 9.17) is 9.47 Å². The molecule has 3 N–H and O–H groups in total. The standard InChI is InChI=1S/C26H27N5O4/c1-17(2)27-26(33)30-19-9-7-18(8-10-19)25(32)29-20-11-12-22(34-3)23(14-20)35-16-21-15-31-13-5-4-6-24(31)28-21/h4-15,17H,16H2,1-3H3,(H,29,32)(H2,27,30,33). The van der Waals surface area contributed by atoms with Gasteiger partial charge in [0.2, 0.25) is 0 Å². The number of ether oxygens (including phenoxy) is 2. The lowest BCUT2D eigenvalue weighted by atomic mass is 10.2. The van der Waals surface area contributed by atoms with Crippen molar-refractivity contribution in [2.75, 3.05) is 17.7 Å². The minimum absolute atomic E-state index is 0.0258. The van der Waals surface area contributed by atoms with E-state index in [0.717, 1.165) is 11.3 Å². The first-order chi connectivity index (χ1) is 16.9. The van der Waals surface area contributed by atoms with E-state index in [1.54, 1.807) is 49.6 Å². The maximum Gasteiger partial charge on any atom is 0.319 e. The van der Waals surface area contributed by atoms with Gasteiger partial charge in [0.15, 0.2) is 11.5 Å². The first-order valence-corrected chi connectivity index (χ1v) is 11.1. The Labute approximate surface area is 203 Å². The van der Waals surface area contributed by atoms with E-state index in [0.29, 0.717) is 28.4 Å². The minimum atomic E-state index is -0.299. The van der Waals surface area contributed by atoms with Gasteiger partial charge in [-0.05, 0) is 62.4 Å². The number of aromatic nitrogens is 2. The van der Waals surface area contributed by atoms with Crippen LogP contribution in [0.25, 0.3) is 5.65 Å². The molecule has 0 saturated carbocycles. The number of methoxy groups -OCH3 is 1. The smallest absolute Gasteiger partial charge is 0.319 e. The van der Waals surface area contributed by atoms with Crippen LogP contribution in [0.4, 0.5) is 16.2 Å². The van der Waals surface area contributed by atoms with Crippen molar-refractivity contribution in [3.63, 3.8) is 0 Å². The largest absolute Gasteiger partial charge is 0.493 e. The van der Waals surface area contributed by atoms with Crippen molar-refractivity contribution in [3.8, 4) is 11.5 Å². The molecule has 2 heterocycles. The monoisotopic (exact) mass is 473 g/mol. The van der Waals surface area contributed by atoms with Crippen LogP contribution in [-0.4, -0.2) is 34.5 Å². The summed E-state index contributed by atoms with van der Waals surface area (Å²) in [5.74, 6) is 0.736. The Morgan fingerprint density at radius 3 is 2.46 bits per heavy atom. The van der Waals surface area contributed by atoms with E-state index < -0.39 is 0 Å². The lowest BCUT2D eigenvalue weighted by molar-refractivity contribution is 0.102. The first-order valence-electron chi connectivity index (χ1n) is 11.1. The second-order valence-electron chi connectivity index (χ2n) is 8.14. The fraction of sp³-hybridized carbons (Fsp3) is 0.192. The lowest BCUT2D eigenvalue weighted by Gasteiger charge is -2.13. The summed E-state index contributed by atoms with van der Waals surface area (Å²) in [6.07, 6.45) is 3.82. The highest BCUT2D eigenvalue weighted by atomic mass is 16.5. The molecule has 0 aliphatic carbocycles. The summed E-state index contributed by atoms with van der Waals surface area (Å²) < 4.78 is 13.3. The van der Waals surface area contributed by atoms with Crippen LogP contribution in [0.1, 0.15) is 29.9 Å². The van der Waals surface area contributed by atoms with Gasteiger partial charge in [-0.15, -0.1) is 0 Å². The first kappa shape index (κ1) is 23.6. The van der Waals surface area contributed by atoms with Gasteiger partial charge in [-0.1, -0.05) is 6.07 Å². The van der Waals surface area contributed by atoms with Crippen LogP contribution in [0, 0.1) is 0 Å². The van der Waals surface area contributed by atoms with Gasteiger partial charge in [0.25, 0.3) is 5.91 Å². The predicted octanol–water partition coefficient (Wildman–Crippen LogP) is 4.70. The van der Waals surface area contributed by atoms with Crippen LogP contribution in [0.2, 0.25) is 0 Å². The molecule has 0 saturated heterocycles. The summed E-state index contributed by atoms with van der Waals surface area (Å²) in [5, 5.41) is 8.34. The zero-order valence-electron chi connectivity index (χ0n) is 19.7. The van der Waals surface area contributed by atoms with Crippen molar-refractivity contribution in [1.82, 2.24) is 14.7 Å². The van der Waals surface area contributed by atoms with Gasteiger partial charge < -0.3 is 29.8 Å². The van der Waals surface area contributed by atoms with Gasteiger partial charge in [-0.25, -0.2) is 9.78 Å². The Morgan fingerprint density at radius 1 is 0.971 bits per heavy atom. The third kappa shape index (κ3) is 6.08. The highest BCUT2D eigenvalue weighted by Gasteiger charge is 2.12. The zero-order valence-corrected chi connectivity index (χ0v) is 19.7. The summed E-state index contributed by atoms with van der Waals surface area (Å²) in [5.41, 5.74) is 3.19. The number of nitrogens with one attached hydrogen (secondary N) is 3. The second kappa shape index (κ2) is 10.6. The molecule has 0 aliphatic rings. The van der Waals surface area contributed by atoms with Crippen molar-refractivity contribution in [1.29, 1.82) is 0 Å². The van der Waals surface area contributed by atoms with Crippen molar-refractivity contribution < 1.29 is 19.1 Å². The molecule has 9 heteroatoms. The molecule has 4 aromatic rings. The number of hydrogen-bond donors (Lipinski definition) is 3. The molecule has 4 rings (SSSR count). The average molecular weight is 474 g/mol. The van der Waals surface area contributed by atoms with Crippen LogP contribution < -0.4 is 25.4 Å². The summed E-state index contributed by atoms with van der Waals surface area (Å²) in [6.45, 7) is 4.00. The zero-order chi connectivity index (χ0) is 24.8. The van der Waals surface area contributed by atoms with Crippen molar-refractivity contribution >= 4 is 29.0 Å². The molecule has 3 amide bonds. The van der Waals surface area contributed by atoms with E-state index >= 15 is 0 Å². The number of amides is 3. The maximum absolute atomic E-state index is 12.7. The number of urea groups is 1. The van der Waals surface area contributed by atoms with Crippen molar-refractivity contribution in [2.24, 2.45) is 0 Å². The normalized spacial score (nSPS) is 10.7. The molecule has 35 heavy (non-hydrogen) atoms. The Hall–Kier alpha value is -4.53. The molecule has 9 nitrogen and oxygen atoms in total. The number of carbonyl (C=O) groups is 2. The van der Waals surface area contributed by atoms with Crippen LogP contribution >= 0.6 is 0 Å². The highest BCUT2D eigenvalue weighted by molar-refractivity contribution is 6.04. The summed E-state index contributed by atoms with van der Waals surface area (Å²) >= 11 is 0. The predicted molar refractivity (Wildman–Crippen MR) is 134 cm³/mol. The number of pyridine rings is 1. The molecule has 0 fully saturated rings. The third-order valence-corrected chi connectivity index (χ3v) is 5.04. The second-order valence-corrected chi connectivity index (χ2v) is 8.14. The fourth-order valence-electron chi connectivity index (χ4n) is 3.41. The van der Waals surface area contributed by atoms with Gasteiger partial charge >= 0.3 is 6.03 Å². The number of imidazole rings is 1. The van der Waals surface area contributed by atoms with Crippen LogP contribution in [0.3, 0.4) is 0 Å². The molecule has 2 aromatic carbocycles. The van der Waals surface area contributed by atoms with Gasteiger partial charge in [-0.2, -0.15) is 0 Å². The molecule has 0 unspecified atom stereocenters. The maximum atomic E-state index is 12.7. The Balaban J connectivity index is 1.41. The lowest BCUT2D eigenvalue weighted by Crippen LogP contribution is -2.34. The van der Waals surface area contributed by atoms with E-state index in [1.165, 1.54) is 0 Å². The van der Waals surface area contributed by atoms with Gasteiger partial charge in [0, 0.05) is 41.4 Å². The topological polar surface area (TPSA) is 106 Å². The third-order valence-electron chi connectivity index (χ3n) is 5.04. The molecule has 0 aliphatic heterocycles. The number of rotatable bonds is 8. The number of benzene rings is 2. The molecule has 0 radical (unpaired) electrons. The molecule has 0 spiro atoms. The van der Waals surface area contributed by atoms with E-state index in [2.05, 4.69) is 20.9 Å². The number of nitrogens with zero attached hydrogens (tertiary/aromatic N) is 2. The summed E-state index contributed by atoms with van der Waals surface area (Å²) in [6, 6.07) is 17.3. The Morgan fingerprint density at radius 2 is 1.74 bits per heavy atom. The van der Waals surface area contributed by atoms with Crippen molar-refractivity contribution in [3.05, 3.63) is 84.3 Å². The van der Waals surface area contributed by atoms with E-state index in [9.17, 15) is 9.59 Å². The average Bonchev–Trinajstić information content (AvgIpc) is 3.26. The number of hydrogen-bond acceptors (Lipinski definition) is 5. The molecular weight excluding hydrogens is 446 g/mol. The molecule has 0 atom stereocenters. The minimum Gasteiger partial charge on any atom is -0.493 e. The van der Waals surface area contributed by atoms with E-state index in [-0.39, 0.29) is 24.6 Å². The number of anilines is 2. The van der Waals surface area contributed by atoms with Gasteiger partial charge in [0.05, 0.1) is 12.8 Å². The SMILES string of the molecule is COc1ccc(NC(=O)c2ccc(NC(=O)NC(C)C)cc2)cc1OCc1cn2ccccc2n1. The van der Waals surface area contributed by atoms with Gasteiger partial charge in [-0.3, -0.25) is 4.79 Å². The highest BCUT2D eigenvalue weighted by Crippen LogP contribution is 2.31. The fourth-order valence-corrected chi connectivity index (χ4v) is 3.41. The number of fused-ring (bicyclic) bond motifs is 1. The summed E-state index contributed by atoms with van der Waals surface area (Å²) in [7, 11) is 1.56. The Kier molecular flexibility index (Phi) is 7.15. The van der Waals surface area contributed by atoms with Crippen LogP contribution in [0.5, 0.6) is 11.5 Å². The van der Waals surface area contributed by atoms with E-state index in [1.807, 2.05) is 48.8 Å². The van der Waals surface area contributed by atoms with Gasteiger partial charge in [0.1, 0.15) is 12.3 Å². The Bertz CT molecular complexity index is 1300. The molecule has 2 aromatic heterocycles. The molecule has 180 valence electrons. The quantitative estimate of drug-likeness (QED) is 0.344. The van der Waals surface area contributed by atoms with Crippen LogP contribution in [-0.2, 0) is 6.61 Å².